The van der Waals surface area contributed by atoms with E-state index in [4.69, 9.17) is 0 Å². The minimum absolute atomic E-state index is 0. The van der Waals surface area contributed by atoms with Crippen LogP contribution in [0.15, 0.2) is 78.9 Å². The first kappa shape index (κ1) is 33.4. The van der Waals surface area contributed by atoms with Crippen LogP contribution in [-0.2, 0) is 23.3 Å². The Balaban J connectivity index is 0.000000480. The van der Waals surface area contributed by atoms with Gasteiger partial charge >= 0.3 is 30.2 Å². The van der Waals surface area contributed by atoms with Gasteiger partial charge in [0.2, 0.25) is 0 Å². The van der Waals surface area contributed by atoms with Crippen LogP contribution in [0.5, 0.6) is 0 Å². The van der Waals surface area contributed by atoms with Gasteiger partial charge in [0.15, 0.2) is 0 Å². The third kappa shape index (κ3) is 10.1. The van der Waals surface area contributed by atoms with E-state index in [1.54, 1.807) is 0 Å². The first-order chi connectivity index (χ1) is 15.7. The second-order valence-corrected chi connectivity index (χ2v) is 8.72. The van der Waals surface area contributed by atoms with Gasteiger partial charge in [-0.05, 0) is 27.7 Å². The normalized spacial score (nSPS) is 9.29. The van der Waals surface area contributed by atoms with Crippen molar-refractivity contribution in [3.63, 3.8) is 0 Å². The van der Waals surface area contributed by atoms with Crippen LogP contribution >= 0.6 is 24.8 Å². The zero-order chi connectivity index (χ0) is 24.5. The molecule has 0 spiro atoms. The Bertz CT molecular complexity index is 1230. The van der Waals surface area contributed by atoms with Crippen molar-refractivity contribution in [3.05, 3.63) is 125 Å². The Kier molecular flexibility index (Phi) is 15.5. The summed E-state index contributed by atoms with van der Waals surface area (Å²) >= 11 is 1.36. The summed E-state index contributed by atoms with van der Waals surface area (Å²) in [6.45, 7) is 19.7. The monoisotopic (exact) mass is 595 g/mol. The Labute approximate surface area is 241 Å². The molecule has 2 radical (unpaired) electrons. The first-order valence-corrected chi connectivity index (χ1v) is 15.3. The molecule has 0 unspecified atom stereocenters. The van der Waals surface area contributed by atoms with Gasteiger partial charge in [-0.1, -0.05) is 54.3 Å². The SMILES string of the molecule is Cc1cc(C)c2cc(C)[cH-]c2c1.Cc1cc(C)c2cc(C)[cH-]c2c1.Cl.Cl.[CH2-]c1ccccc1.[Si]=[Zr]. The summed E-state index contributed by atoms with van der Waals surface area (Å²) in [5, 5.41) is 5.56. The number of benzene rings is 3. The average Bonchev–Trinajstić information content (AvgIpc) is 3.32. The van der Waals surface area contributed by atoms with Gasteiger partial charge in [-0.3, -0.25) is 0 Å². The van der Waals surface area contributed by atoms with E-state index in [-0.39, 0.29) is 24.8 Å². The fraction of sp³-hybridized carbons (Fsp3) is 0.194. The second-order valence-electron chi connectivity index (χ2n) is 8.72. The Hall–Kier alpha value is -1.57. The summed E-state index contributed by atoms with van der Waals surface area (Å²) in [4.78, 5) is 0. The Morgan fingerprint density at radius 3 is 1.29 bits per heavy atom. The topological polar surface area (TPSA) is 0 Å². The van der Waals surface area contributed by atoms with E-state index < -0.39 is 0 Å². The number of rotatable bonds is 0. The molecule has 0 fully saturated rings. The zero-order valence-corrected chi connectivity index (χ0v) is 26.6. The molecule has 0 nitrogen and oxygen atoms in total. The van der Waals surface area contributed by atoms with Crippen LogP contribution in [0.1, 0.15) is 38.9 Å². The van der Waals surface area contributed by atoms with Crippen LogP contribution in [0, 0.1) is 48.5 Å². The van der Waals surface area contributed by atoms with Gasteiger partial charge in [0.1, 0.15) is 0 Å². The van der Waals surface area contributed by atoms with E-state index in [0.29, 0.717) is 0 Å². The molecule has 0 saturated heterocycles. The van der Waals surface area contributed by atoms with Gasteiger partial charge in [-0.2, -0.15) is 36.8 Å². The molecule has 0 saturated carbocycles. The van der Waals surface area contributed by atoms with E-state index in [1.165, 1.54) is 78.3 Å². The fourth-order valence-electron chi connectivity index (χ4n) is 4.16. The number of aryl methyl sites for hydroxylation is 6. The molecule has 35 heavy (non-hydrogen) atoms. The van der Waals surface area contributed by atoms with Crippen molar-refractivity contribution in [1.82, 2.24) is 0 Å². The predicted octanol–water partition coefficient (Wildman–Crippen LogP) is 9.30. The van der Waals surface area contributed by atoms with Crippen LogP contribution in [-0.4, -0.2) is 6.88 Å². The molecule has 0 aliphatic rings. The molecule has 0 aliphatic carbocycles. The fourth-order valence-corrected chi connectivity index (χ4v) is 4.16. The van der Waals surface area contributed by atoms with Crippen molar-refractivity contribution in [1.29, 1.82) is 0 Å². The third-order valence-corrected chi connectivity index (χ3v) is 5.48. The van der Waals surface area contributed by atoms with Gasteiger partial charge in [0.25, 0.3) is 0 Å². The molecule has 0 bridgehead atoms. The van der Waals surface area contributed by atoms with Gasteiger partial charge in [-0.25, -0.2) is 0 Å². The molecule has 0 heterocycles. The van der Waals surface area contributed by atoms with Crippen LogP contribution in [0.2, 0.25) is 0 Å². The molecule has 0 aliphatic heterocycles. The van der Waals surface area contributed by atoms with Crippen molar-refractivity contribution >= 4 is 53.2 Å². The predicted molar refractivity (Wildman–Crippen MR) is 159 cm³/mol. The van der Waals surface area contributed by atoms with Crippen LogP contribution < -0.4 is 0 Å². The van der Waals surface area contributed by atoms with Crippen molar-refractivity contribution in [2.45, 2.75) is 41.5 Å². The van der Waals surface area contributed by atoms with Crippen molar-refractivity contribution in [2.24, 2.45) is 0 Å². The van der Waals surface area contributed by atoms with E-state index in [1.807, 2.05) is 30.3 Å². The van der Waals surface area contributed by atoms with Crippen LogP contribution in [0.4, 0.5) is 0 Å². The summed E-state index contributed by atoms with van der Waals surface area (Å²) in [7, 11) is 0. The van der Waals surface area contributed by atoms with Crippen molar-refractivity contribution in [3.8, 4) is 0 Å². The quantitative estimate of drug-likeness (QED) is 0.123. The second kappa shape index (κ2) is 16.2. The third-order valence-electron chi connectivity index (χ3n) is 5.48. The number of hydrogen-bond acceptors (Lipinski definition) is 0. The number of fused-ring (bicyclic) bond motifs is 2. The molecular formula is C31H35Cl2SiZr-3. The van der Waals surface area contributed by atoms with E-state index in [2.05, 4.69) is 104 Å². The zero-order valence-electron chi connectivity index (χ0n) is 21.5. The van der Waals surface area contributed by atoms with Crippen molar-refractivity contribution < 1.29 is 23.3 Å². The van der Waals surface area contributed by atoms with Crippen LogP contribution in [0.3, 0.4) is 0 Å². The average molecular weight is 598 g/mol. The molecule has 4 heteroatoms. The molecule has 5 rings (SSSR count). The number of hydrogen-bond donors (Lipinski definition) is 0. The molecular weight excluding hydrogens is 563 g/mol. The standard InChI is InChI=1S/2C12H13.C7H7.2ClH.Si.Zr/c2*1-8-4-10(3)12-7-9(2)6-11(12)5-8;1-7-5-3-2-4-6-7;;;;/h2*4-7H,1-3H3;2-6H,1H2;2*1H;;/q3*-1;;;;. The molecule has 0 amide bonds. The summed E-state index contributed by atoms with van der Waals surface area (Å²) < 4.78 is 0. The molecule has 5 aromatic rings. The van der Waals surface area contributed by atoms with Gasteiger partial charge in [0, 0.05) is 0 Å². The molecule has 0 N–H and O–H groups in total. The summed E-state index contributed by atoms with van der Waals surface area (Å²) in [5.41, 5.74) is 9.27. The van der Waals surface area contributed by atoms with E-state index >= 15 is 0 Å². The van der Waals surface area contributed by atoms with E-state index in [9.17, 15) is 0 Å². The first-order valence-electron chi connectivity index (χ1n) is 11.1. The number of halogens is 2. The van der Waals surface area contributed by atoms with Crippen LogP contribution in [0.25, 0.3) is 21.5 Å². The van der Waals surface area contributed by atoms with Crippen molar-refractivity contribution in [2.75, 3.05) is 0 Å². The molecule has 5 aromatic carbocycles. The maximum atomic E-state index is 3.72. The molecule has 0 aromatic heterocycles. The Morgan fingerprint density at radius 2 is 0.971 bits per heavy atom. The van der Waals surface area contributed by atoms with Gasteiger partial charge in [0.05, 0.1) is 0 Å². The maximum absolute atomic E-state index is 3.72. The summed E-state index contributed by atoms with van der Waals surface area (Å²) in [6.07, 6.45) is 0. The minimum atomic E-state index is 0. The molecule has 184 valence electrons. The Morgan fingerprint density at radius 1 is 0.600 bits per heavy atom. The summed E-state index contributed by atoms with van der Waals surface area (Å²) in [6, 6.07) is 27.8. The summed E-state index contributed by atoms with van der Waals surface area (Å²) in [5.74, 6) is 0. The van der Waals surface area contributed by atoms with E-state index in [0.717, 1.165) is 5.56 Å². The molecule has 0 atom stereocenters. The van der Waals surface area contributed by atoms with Gasteiger partial charge < -0.3 is 0 Å². The van der Waals surface area contributed by atoms with Gasteiger partial charge in [-0.15, -0.1) is 93.9 Å².